The van der Waals surface area contributed by atoms with Gasteiger partial charge in [-0.25, -0.2) is 0 Å². The van der Waals surface area contributed by atoms with Crippen molar-refractivity contribution in [3.63, 3.8) is 0 Å². The molecule has 1 aliphatic carbocycles. The highest BCUT2D eigenvalue weighted by Crippen LogP contribution is 2.47. The standard InChI is InChI=1S/C13H23N3/c1-11-9-15-16(10-11)8-4-7-14-12(2)13(3)5-6-13/h9-10,12,14H,4-8H2,1-3H3. The predicted molar refractivity (Wildman–Crippen MR) is 66.4 cm³/mol. The molecule has 1 atom stereocenters. The van der Waals surface area contributed by atoms with E-state index in [0.29, 0.717) is 11.5 Å². The number of aryl methyl sites for hydroxylation is 2. The third kappa shape index (κ3) is 2.85. The highest BCUT2D eigenvalue weighted by molar-refractivity contribution is 4.99. The van der Waals surface area contributed by atoms with Gasteiger partial charge in [0.05, 0.1) is 6.20 Å². The topological polar surface area (TPSA) is 29.9 Å². The highest BCUT2D eigenvalue weighted by atomic mass is 15.3. The second kappa shape index (κ2) is 4.58. The monoisotopic (exact) mass is 221 g/mol. The van der Waals surface area contributed by atoms with Crippen LogP contribution in [0.1, 0.15) is 38.7 Å². The van der Waals surface area contributed by atoms with Crippen LogP contribution in [0.4, 0.5) is 0 Å². The maximum Gasteiger partial charge on any atom is 0.0518 e. The maximum absolute atomic E-state index is 4.28. The average molecular weight is 221 g/mol. The van der Waals surface area contributed by atoms with Crippen molar-refractivity contribution in [3.8, 4) is 0 Å². The average Bonchev–Trinajstić information content (AvgIpc) is 2.87. The lowest BCUT2D eigenvalue weighted by Crippen LogP contribution is -2.34. The zero-order valence-electron chi connectivity index (χ0n) is 10.7. The molecule has 0 amide bonds. The Kier molecular flexibility index (Phi) is 3.33. The van der Waals surface area contributed by atoms with Crippen LogP contribution in [0, 0.1) is 12.3 Å². The van der Waals surface area contributed by atoms with E-state index in [1.165, 1.54) is 18.4 Å². The quantitative estimate of drug-likeness (QED) is 0.747. The Morgan fingerprint density at radius 3 is 2.88 bits per heavy atom. The Labute approximate surface area is 98.2 Å². The van der Waals surface area contributed by atoms with E-state index in [9.17, 15) is 0 Å². The maximum atomic E-state index is 4.28. The molecule has 2 rings (SSSR count). The predicted octanol–water partition coefficient (Wildman–Crippen LogP) is 2.36. The van der Waals surface area contributed by atoms with Gasteiger partial charge in [0.15, 0.2) is 0 Å². The zero-order chi connectivity index (χ0) is 11.6. The van der Waals surface area contributed by atoms with E-state index in [-0.39, 0.29) is 0 Å². The van der Waals surface area contributed by atoms with Crippen LogP contribution in [0.2, 0.25) is 0 Å². The molecule has 0 saturated heterocycles. The van der Waals surface area contributed by atoms with Crippen LogP contribution in [0.5, 0.6) is 0 Å². The molecule has 1 aromatic rings. The summed E-state index contributed by atoms with van der Waals surface area (Å²) in [6.45, 7) is 8.88. The molecule has 0 bridgehead atoms. The Morgan fingerprint density at radius 2 is 2.31 bits per heavy atom. The third-order valence-corrected chi connectivity index (χ3v) is 3.86. The third-order valence-electron chi connectivity index (χ3n) is 3.86. The van der Waals surface area contributed by atoms with Gasteiger partial charge in [-0.3, -0.25) is 4.68 Å². The van der Waals surface area contributed by atoms with Crippen LogP contribution in [-0.4, -0.2) is 22.4 Å². The molecule has 1 heterocycles. The number of hydrogen-bond donors (Lipinski definition) is 1. The lowest BCUT2D eigenvalue weighted by atomic mass is 10.0. The highest BCUT2D eigenvalue weighted by Gasteiger charge is 2.41. The fourth-order valence-corrected chi connectivity index (χ4v) is 2.03. The molecule has 1 N–H and O–H groups in total. The second-order valence-corrected chi connectivity index (χ2v) is 5.46. The molecule has 1 aromatic heterocycles. The van der Waals surface area contributed by atoms with Crippen molar-refractivity contribution in [3.05, 3.63) is 18.0 Å². The molecule has 1 aliphatic rings. The molecule has 0 aliphatic heterocycles. The minimum Gasteiger partial charge on any atom is -0.314 e. The minimum absolute atomic E-state index is 0.586. The Bertz CT molecular complexity index is 339. The molecule has 1 fully saturated rings. The number of hydrogen-bond acceptors (Lipinski definition) is 2. The first kappa shape index (κ1) is 11.6. The van der Waals surface area contributed by atoms with Crippen LogP contribution in [0.3, 0.4) is 0 Å². The SMILES string of the molecule is Cc1cnn(CCCNC(C)C2(C)CC2)c1. The number of nitrogens with one attached hydrogen (secondary N) is 1. The molecule has 1 saturated carbocycles. The van der Waals surface area contributed by atoms with Crippen molar-refractivity contribution in [2.75, 3.05) is 6.54 Å². The molecule has 1 unspecified atom stereocenters. The van der Waals surface area contributed by atoms with Crippen LogP contribution < -0.4 is 5.32 Å². The van der Waals surface area contributed by atoms with Crippen molar-refractivity contribution < 1.29 is 0 Å². The number of rotatable bonds is 6. The zero-order valence-corrected chi connectivity index (χ0v) is 10.7. The first-order chi connectivity index (χ1) is 7.60. The second-order valence-electron chi connectivity index (χ2n) is 5.46. The molecule has 90 valence electrons. The summed E-state index contributed by atoms with van der Waals surface area (Å²) in [7, 11) is 0. The van der Waals surface area contributed by atoms with E-state index < -0.39 is 0 Å². The summed E-state index contributed by atoms with van der Waals surface area (Å²) in [5.74, 6) is 0. The summed E-state index contributed by atoms with van der Waals surface area (Å²) in [5.41, 5.74) is 1.83. The normalized spacial score (nSPS) is 19.7. The largest absolute Gasteiger partial charge is 0.314 e. The van der Waals surface area contributed by atoms with Crippen LogP contribution in [0.25, 0.3) is 0 Å². The Hall–Kier alpha value is -0.830. The van der Waals surface area contributed by atoms with Gasteiger partial charge in [-0.2, -0.15) is 5.10 Å². The van der Waals surface area contributed by atoms with Crippen LogP contribution in [0.15, 0.2) is 12.4 Å². The van der Waals surface area contributed by atoms with E-state index in [2.05, 4.69) is 37.4 Å². The summed E-state index contributed by atoms with van der Waals surface area (Å²) in [5, 5.41) is 7.90. The fourth-order valence-electron chi connectivity index (χ4n) is 2.03. The van der Waals surface area contributed by atoms with Gasteiger partial charge in [-0.1, -0.05) is 6.92 Å². The van der Waals surface area contributed by atoms with Gasteiger partial charge in [0.25, 0.3) is 0 Å². The van der Waals surface area contributed by atoms with Crippen molar-refractivity contribution in [2.45, 2.75) is 52.6 Å². The van der Waals surface area contributed by atoms with Crippen molar-refractivity contribution in [1.82, 2.24) is 15.1 Å². The van der Waals surface area contributed by atoms with Gasteiger partial charge >= 0.3 is 0 Å². The van der Waals surface area contributed by atoms with Gasteiger partial charge in [0.1, 0.15) is 0 Å². The van der Waals surface area contributed by atoms with Crippen molar-refractivity contribution in [2.24, 2.45) is 5.41 Å². The lowest BCUT2D eigenvalue weighted by Gasteiger charge is -2.20. The number of aromatic nitrogens is 2. The molecule has 3 nitrogen and oxygen atoms in total. The van der Waals surface area contributed by atoms with E-state index in [0.717, 1.165) is 19.5 Å². The molecular weight excluding hydrogens is 198 g/mol. The summed E-state index contributed by atoms with van der Waals surface area (Å²) >= 11 is 0. The van der Waals surface area contributed by atoms with Gasteiger partial charge in [-0.15, -0.1) is 0 Å². The first-order valence-corrected chi connectivity index (χ1v) is 6.33. The Balaban J connectivity index is 1.62. The lowest BCUT2D eigenvalue weighted by molar-refractivity contribution is 0.373. The minimum atomic E-state index is 0.586. The smallest absolute Gasteiger partial charge is 0.0518 e. The van der Waals surface area contributed by atoms with Gasteiger partial charge < -0.3 is 5.32 Å². The molecule has 0 radical (unpaired) electrons. The van der Waals surface area contributed by atoms with Gasteiger partial charge in [0, 0.05) is 18.8 Å². The summed E-state index contributed by atoms with van der Waals surface area (Å²) in [6.07, 6.45) is 7.95. The van der Waals surface area contributed by atoms with E-state index >= 15 is 0 Å². The van der Waals surface area contributed by atoms with E-state index in [1.807, 2.05) is 10.9 Å². The molecule has 16 heavy (non-hydrogen) atoms. The molecule has 0 aromatic carbocycles. The van der Waals surface area contributed by atoms with Gasteiger partial charge in [0.2, 0.25) is 0 Å². The summed E-state index contributed by atoms with van der Waals surface area (Å²) in [4.78, 5) is 0. The van der Waals surface area contributed by atoms with Crippen molar-refractivity contribution >= 4 is 0 Å². The van der Waals surface area contributed by atoms with Crippen LogP contribution in [-0.2, 0) is 6.54 Å². The fraction of sp³-hybridized carbons (Fsp3) is 0.769. The van der Waals surface area contributed by atoms with Crippen LogP contribution >= 0.6 is 0 Å². The van der Waals surface area contributed by atoms with E-state index in [1.54, 1.807) is 0 Å². The first-order valence-electron chi connectivity index (χ1n) is 6.33. The summed E-state index contributed by atoms with van der Waals surface area (Å²) < 4.78 is 2.03. The number of nitrogens with zero attached hydrogens (tertiary/aromatic N) is 2. The summed E-state index contributed by atoms with van der Waals surface area (Å²) in [6, 6.07) is 0.659. The van der Waals surface area contributed by atoms with Crippen molar-refractivity contribution in [1.29, 1.82) is 0 Å². The molecule has 0 spiro atoms. The van der Waals surface area contributed by atoms with E-state index in [4.69, 9.17) is 0 Å². The Morgan fingerprint density at radius 1 is 1.56 bits per heavy atom. The molecule has 3 heteroatoms. The molecular formula is C13H23N3. The van der Waals surface area contributed by atoms with Gasteiger partial charge in [-0.05, 0) is 50.6 Å².